The molecule has 4 aromatic rings. The molecule has 4 rings (SSSR count). The van der Waals surface area contributed by atoms with Crippen LogP contribution in [-0.2, 0) is 0 Å². The average molecular weight is 305 g/mol. The van der Waals surface area contributed by atoms with E-state index in [0.29, 0.717) is 16.8 Å². The summed E-state index contributed by atoms with van der Waals surface area (Å²) in [7, 11) is 0. The minimum atomic E-state index is -0.331. The molecule has 0 aliphatic carbocycles. The van der Waals surface area contributed by atoms with E-state index in [-0.39, 0.29) is 5.63 Å². The SMILES string of the molecule is O=c1oc(-c2csc(-c3ccccc3)n2)cc2ccccc12. The van der Waals surface area contributed by atoms with E-state index in [1.165, 1.54) is 11.3 Å². The standard InChI is InChI=1S/C18H11NO2S/c20-18-14-9-5-4-8-13(14)10-16(21-18)15-11-22-17(19-15)12-6-2-1-3-7-12/h1-11H. The fourth-order valence-electron chi connectivity index (χ4n) is 2.36. The van der Waals surface area contributed by atoms with Crippen molar-refractivity contribution in [2.75, 3.05) is 0 Å². The summed E-state index contributed by atoms with van der Waals surface area (Å²) >= 11 is 1.54. The van der Waals surface area contributed by atoms with Crippen molar-refractivity contribution in [2.24, 2.45) is 0 Å². The maximum atomic E-state index is 12.1. The summed E-state index contributed by atoms with van der Waals surface area (Å²) < 4.78 is 5.41. The average Bonchev–Trinajstić information content (AvgIpc) is 3.06. The molecule has 2 aromatic heterocycles. The van der Waals surface area contributed by atoms with Crippen LogP contribution in [0.3, 0.4) is 0 Å². The normalized spacial score (nSPS) is 10.9. The second-order valence-electron chi connectivity index (χ2n) is 4.89. The second kappa shape index (κ2) is 5.24. The third-order valence-corrected chi connectivity index (χ3v) is 4.34. The van der Waals surface area contributed by atoms with E-state index in [4.69, 9.17) is 4.42 Å². The fraction of sp³-hybridized carbons (Fsp3) is 0. The van der Waals surface area contributed by atoms with Gasteiger partial charge in [0.15, 0.2) is 5.76 Å². The molecule has 0 amide bonds. The Bertz CT molecular complexity index is 1000. The van der Waals surface area contributed by atoms with E-state index < -0.39 is 0 Å². The van der Waals surface area contributed by atoms with Gasteiger partial charge in [-0.3, -0.25) is 0 Å². The number of hydrogen-bond acceptors (Lipinski definition) is 4. The van der Waals surface area contributed by atoms with E-state index in [2.05, 4.69) is 4.98 Å². The Hall–Kier alpha value is -2.72. The Morgan fingerprint density at radius 3 is 2.59 bits per heavy atom. The lowest BCUT2D eigenvalue weighted by atomic mass is 10.1. The highest BCUT2D eigenvalue weighted by Crippen LogP contribution is 2.29. The second-order valence-corrected chi connectivity index (χ2v) is 5.75. The van der Waals surface area contributed by atoms with Crippen LogP contribution in [-0.4, -0.2) is 4.98 Å². The number of benzene rings is 2. The molecule has 2 aromatic carbocycles. The highest BCUT2D eigenvalue weighted by atomic mass is 32.1. The van der Waals surface area contributed by atoms with Gasteiger partial charge in [0.2, 0.25) is 0 Å². The summed E-state index contributed by atoms with van der Waals surface area (Å²) in [5, 5.41) is 4.27. The molecule has 22 heavy (non-hydrogen) atoms. The molecule has 3 nitrogen and oxygen atoms in total. The van der Waals surface area contributed by atoms with Crippen molar-refractivity contribution >= 4 is 22.1 Å². The first-order valence-corrected chi connectivity index (χ1v) is 7.73. The molecule has 2 heterocycles. The van der Waals surface area contributed by atoms with Gasteiger partial charge in [-0.2, -0.15) is 0 Å². The highest BCUT2D eigenvalue weighted by Gasteiger charge is 2.11. The highest BCUT2D eigenvalue weighted by molar-refractivity contribution is 7.13. The molecule has 4 heteroatoms. The summed E-state index contributed by atoms with van der Waals surface area (Å²) in [4.78, 5) is 16.6. The van der Waals surface area contributed by atoms with Gasteiger partial charge in [-0.15, -0.1) is 11.3 Å². The van der Waals surface area contributed by atoms with E-state index >= 15 is 0 Å². The monoisotopic (exact) mass is 305 g/mol. The van der Waals surface area contributed by atoms with Crippen molar-refractivity contribution in [3.05, 3.63) is 76.5 Å². The van der Waals surface area contributed by atoms with Gasteiger partial charge in [0.1, 0.15) is 10.7 Å². The summed E-state index contributed by atoms with van der Waals surface area (Å²) in [6.45, 7) is 0. The first-order chi connectivity index (χ1) is 10.8. The molecule has 106 valence electrons. The van der Waals surface area contributed by atoms with E-state index in [9.17, 15) is 4.79 Å². The van der Waals surface area contributed by atoms with E-state index in [0.717, 1.165) is 16.0 Å². The molecule has 0 atom stereocenters. The van der Waals surface area contributed by atoms with Gasteiger partial charge in [0, 0.05) is 10.9 Å². The fourth-order valence-corrected chi connectivity index (χ4v) is 3.18. The smallest absolute Gasteiger partial charge is 0.344 e. The van der Waals surface area contributed by atoms with Gasteiger partial charge in [-0.25, -0.2) is 9.78 Å². The van der Waals surface area contributed by atoms with Crippen LogP contribution < -0.4 is 5.63 Å². The van der Waals surface area contributed by atoms with Crippen molar-refractivity contribution in [2.45, 2.75) is 0 Å². The van der Waals surface area contributed by atoms with E-state index in [1.807, 2.05) is 60.0 Å². The van der Waals surface area contributed by atoms with Gasteiger partial charge in [0.25, 0.3) is 0 Å². The molecule has 0 bridgehead atoms. The number of nitrogens with zero attached hydrogens (tertiary/aromatic N) is 1. The summed E-state index contributed by atoms with van der Waals surface area (Å²) in [6, 6.07) is 19.2. The Labute approximate surface area is 130 Å². The third-order valence-electron chi connectivity index (χ3n) is 3.45. The molecule has 0 radical (unpaired) electrons. The van der Waals surface area contributed by atoms with Crippen molar-refractivity contribution in [3.63, 3.8) is 0 Å². The largest absolute Gasteiger partial charge is 0.421 e. The first-order valence-electron chi connectivity index (χ1n) is 6.85. The lowest BCUT2D eigenvalue weighted by molar-refractivity contribution is 0.533. The molecule has 0 spiro atoms. The third kappa shape index (κ3) is 2.23. The Balaban J connectivity index is 1.83. The predicted molar refractivity (Wildman–Crippen MR) is 89.0 cm³/mol. The molecule has 0 N–H and O–H groups in total. The number of rotatable bonds is 2. The van der Waals surface area contributed by atoms with Crippen LogP contribution in [0.5, 0.6) is 0 Å². The van der Waals surface area contributed by atoms with Gasteiger partial charge < -0.3 is 4.42 Å². The number of aromatic nitrogens is 1. The minimum Gasteiger partial charge on any atom is -0.421 e. The lowest BCUT2D eigenvalue weighted by Gasteiger charge is -1.99. The number of hydrogen-bond donors (Lipinski definition) is 0. The van der Waals surface area contributed by atoms with Crippen LogP contribution in [0.1, 0.15) is 0 Å². The molecular weight excluding hydrogens is 294 g/mol. The zero-order valence-corrected chi connectivity index (χ0v) is 12.3. The van der Waals surface area contributed by atoms with Gasteiger partial charge in [-0.05, 0) is 17.5 Å². The molecule has 0 aliphatic heterocycles. The van der Waals surface area contributed by atoms with Crippen LogP contribution in [0.2, 0.25) is 0 Å². The zero-order chi connectivity index (χ0) is 14.9. The van der Waals surface area contributed by atoms with Crippen LogP contribution in [0.4, 0.5) is 0 Å². The lowest BCUT2D eigenvalue weighted by Crippen LogP contribution is -1.99. The van der Waals surface area contributed by atoms with Crippen molar-refractivity contribution in [1.82, 2.24) is 4.98 Å². The maximum Gasteiger partial charge on any atom is 0.344 e. The van der Waals surface area contributed by atoms with E-state index in [1.54, 1.807) is 6.07 Å². The summed E-state index contributed by atoms with van der Waals surface area (Å²) in [6.07, 6.45) is 0. The van der Waals surface area contributed by atoms with Gasteiger partial charge >= 0.3 is 5.63 Å². The van der Waals surface area contributed by atoms with Crippen molar-refractivity contribution in [3.8, 4) is 22.0 Å². The van der Waals surface area contributed by atoms with Gasteiger partial charge in [-0.1, -0.05) is 48.5 Å². The first kappa shape index (κ1) is 13.0. The Kier molecular flexibility index (Phi) is 3.09. The maximum absolute atomic E-state index is 12.1. The summed E-state index contributed by atoms with van der Waals surface area (Å²) in [5.74, 6) is 0.502. The van der Waals surface area contributed by atoms with Crippen molar-refractivity contribution in [1.29, 1.82) is 0 Å². The van der Waals surface area contributed by atoms with Crippen LogP contribution >= 0.6 is 11.3 Å². The molecule has 0 saturated heterocycles. The van der Waals surface area contributed by atoms with Crippen LogP contribution in [0.15, 0.2) is 75.3 Å². The quantitative estimate of drug-likeness (QED) is 0.544. The molecule has 0 unspecified atom stereocenters. The topological polar surface area (TPSA) is 43.1 Å². The molecule has 0 saturated carbocycles. The van der Waals surface area contributed by atoms with Crippen molar-refractivity contribution < 1.29 is 4.42 Å². The predicted octanol–water partition coefficient (Wildman–Crippen LogP) is 4.58. The number of fused-ring (bicyclic) bond motifs is 1. The molecular formula is C18H11NO2S. The van der Waals surface area contributed by atoms with Crippen LogP contribution in [0.25, 0.3) is 32.8 Å². The minimum absolute atomic E-state index is 0.331. The Morgan fingerprint density at radius 2 is 1.73 bits per heavy atom. The van der Waals surface area contributed by atoms with Crippen LogP contribution in [0, 0.1) is 0 Å². The molecule has 0 aliphatic rings. The van der Waals surface area contributed by atoms with Gasteiger partial charge in [0.05, 0.1) is 5.39 Å². The zero-order valence-electron chi connectivity index (χ0n) is 11.5. The molecule has 0 fully saturated rings. The summed E-state index contributed by atoms with van der Waals surface area (Å²) in [5.41, 5.74) is 1.41. The Morgan fingerprint density at radius 1 is 0.955 bits per heavy atom. The number of thiazole rings is 1.